The molecule has 5 fully saturated rings. The lowest BCUT2D eigenvalue weighted by molar-refractivity contribution is -0.317. The van der Waals surface area contributed by atoms with E-state index >= 15 is 0 Å². The van der Waals surface area contributed by atoms with Crippen LogP contribution in [0.2, 0.25) is 0 Å². The van der Waals surface area contributed by atoms with Gasteiger partial charge in [-0.15, -0.1) is 0 Å². The average molecular weight is 503 g/mol. The third-order valence-electron chi connectivity index (χ3n) is 11.0. The van der Waals surface area contributed by atoms with Crippen LogP contribution < -0.4 is 0 Å². The first-order chi connectivity index (χ1) is 16.8. The molecule has 3 saturated carbocycles. The Morgan fingerprint density at radius 3 is 2.58 bits per heavy atom. The number of aliphatic hydroxyl groups excluding tert-OH is 1. The molecule has 0 radical (unpaired) electrons. The minimum Gasteiger partial charge on any atom is -0.472 e. The standard InChI is InChI=1S/C27H34O9/c1-23(2)18(17(29)22(31)33-5)25(4)15-6-8-24(3)20(13-7-9-34-12-13)35-16(28)11-27(24,32)26(15)10-14(19(25)30)21(23)36-26/h7,9,12,14-15,17-18,20-21,29,32H,6,8,10-11H2,1-5H3. The van der Waals surface area contributed by atoms with Crippen molar-refractivity contribution in [3.8, 4) is 0 Å². The Morgan fingerprint density at radius 2 is 1.94 bits per heavy atom. The van der Waals surface area contributed by atoms with Crippen LogP contribution in [0.1, 0.15) is 65.0 Å². The number of Topliss-reactive ketones (excluding diaryl/α,β-unsaturated/α-hetero) is 1. The summed E-state index contributed by atoms with van der Waals surface area (Å²) in [6, 6.07) is 1.73. The number of hydrogen-bond donors (Lipinski definition) is 2. The average Bonchev–Trinajstić information content (AvgIpc) is 3.46. The molecule has 10 atom stereocenters. The van der Waals surface area contributed by atoms with Crippen molar-refractivity contribution < 1.29 is 43.2 Å². The summed E-state index contributed by atoms with van der Waals surface area (Å²) in [4.78, 5) is 39.7. The largest absolute Gasteiger partial charge is 0.472 e. The summed E-state index contributed by atoms with van der Waals surface area (Å²) >= 11 is 0. The molecule has 0 aromatic carbocycles. The van der Waals surface area contributed by atoms with Crippen molar-refractivity contribution in [2.45, 2.75) is 82.9 Å². The molecule has 1 spiro atoms. The molecule has 1 aromatic heterocycles. The summed E-state index contributed by atoms with van der Waals surface area (Å²) in [7, 11) is 1.21. The number of carbonyl (C=O) groups is 3. The van der Waals surface area contributed by atoms with E-state index in [0.29, 0.717) is 24.8 Å². The number of rotatable bonds is 3. The predicted molar refractivity (Wildman–Crippen MR) is 122 cm³/mol. The van der Waals surface area contributed by atoms with E-state index in [9.17, 15) is 24.6 Å². The Hall–Kier alpha value is -2.23. The van der Waals surface area contributed by atoms with E-state index in [1.165, 1.54) is 19.6 Å². The van der Waals surface area contributed by atoms with E-state index in [0.717, 1.165) is 0 Å². The zero-order chi connectivity index (χ0) is 26.1. The van der Waals surface area contributed by atoms with E-state index in [4.69, 9.17) is 18.6 Å². The molecule has 36 heavy (non-hydrogen) atoms. The third-order valence-corrected chi connectivity index (χ3v) is 11.0. The van der Waals surface area contributed by atoms with Crippen molar-refractivity contribution in [3.05, 3.63) is 24.2 Å². The summed E-state index contributed by atoms with van der Waals surface area (Å²) in [5, 5.41) is 24.0. The van der Waals surface area contributed by atoms with Gasteiger partial charge in [0.05, 0.1) is 32.2 Å². The minimum atomic E-state index is -1.64. The second-order valence-corrected chi connectivity index (χ2v) is 12.6. The van der Waals surface area contributed by atoms with E-state index in [2.05, 4.69) is 0 Å². The van der Waals surface area contributed by atoms with Crippen LogP contribution in [0.3, 0.4) is 0 Å². The van der Waals surface area contributed by atoms with Crippen LogP contribution in [0.5, 0.6) is 0 Å². The van der Waals surface area contributed by atoms with Gasteiger partial charge in [-0.25, -0.2) is 4.79 Å². The summed E-state index contributed by atoms with van der Waals surface area (Å²) in [5.74, 6) is -3.19. The third kappa shape index (κ3) is 2.41. The lowest BCUT2D eigenvalue weighted by Gasteiger charge is -2.68. The van der Waals surface area contributed by atoms with E-state index in [1.54, 1.807) is 6.07 Å². The molecule has 9 heteroatoms. The first-order valence-electron chi connectivity index (χ1n) is 12.7. The van der Waals surface area contributed by atoms with Crippen LogP contribution in [0.15, 0.2) is 23.0 Å². The molecule has 6 rings (SSSR count). The fourth-order valence-electron chi connectivity index (χ4n) is 9.58. The lowest BCUT2D eigenvalue weighted by Crippen LogP contribution is -2.77. The van der Waals surface area contributed by atoms with Crippen molar-refractivity contribution in [1.82, 2.24) is 0 Å². The molecule has 3 aliphatic carbocycles. The first-order valence-corrected chi connectivity index (χ1v) is 12.7. The second-order valence-electron chi connectivity index (χ2n) is 12.6. The number of ether oxygens (including phenoxy) is 3. The van der Waals surface area contributed by atoms with E-state index < -0.39 is 75.5 Å². The number of hydrogen-bond acceptors (Lipinski definition) is 9. The molecular weight excluding hydrogens is 468 g/mol. The molecule has 3 bridgehead atoms. The fraction of sp³-hybridized carbons (Fsp3) is 0.741. The van der Waals surface area contributed by atoms with Crippen molar-refractivity contribution >= 4 is 17.7 Å². The predicted octanol–water partition coefficient (Wildman–Crippen LogP) is 2.34. The van der Waals surface area contributed by atoms with Gasteiger partial charge in [0.1, 0.15) is 23.1 Å². The Morgan fingerprint density at radius 1 is 1.22 bits per heavy atom. The number of cyclic esters (lactones) is 1. The number of ketones is 1. The number of esters is 2. The van der Waals surface area contributed by atoms with Crippen molar-refractivity contribution in [3.63, 3.8) is 0 Å². The van der Waals surface area contributed by atoms with Gasteiger partial charge in [-0.3, -0.25) is 9.59 Å². The van der Waals surface area contributed by atoms with Gasteiger partial charge in [0.15, 0.2) is 6.10 Å². The van der Waals surface area contributed by atoms with Gasteiger partial charge in [-0.2, -0.15) is 0 Å². The normalized spacial score (nSPS) is 49.1. The number of aliphatic hydroxyl groups is 2. The molecule has 2 saturated heterocycles. The SMILES string of the molecule is COC(=O)C(O)C1C(C)(C)C2OC34CC2C(=O)C1(C)C3CCC1(C)C(c2ccoc2)OC(=O)CC14O. The molecule has 1 aromatic rings. The molecule has 0 amide bonds. The topological polar surface area (TPSA) is 132 Å². The molecule has 2 aliphatic heterocycles. The highest BCUT2D eigenvalue weighted by atomic mass is 16.6. The van der Waals surface area contributed by atoms with Gasteiger partial charge in [-0.1, -0.05) is 27.7 Å². The quantitative estimate of drug-likeness (QED) is 0.598. The Labute approximate surface area is 209 Å². The smallest absolute Gasteiger partial charge is 0.335 e. The van der Waals surface area contributed by atoms with Crippen molar-refractivity contribution in [2.75, 3.05) is 7.11 Å². The van der Waals surface area contributed by atoms with Crippen LogP contribution in [0.25, 0.3) is 0 Å². The van der Waals surface area contributed by atoms with Crippen molar-refractivity contribution in [2.24, 2.45) is 34.0 Å². The first kappa shape index (κ1) is 24.1. The Kier molecular flexibility index (Phi) is 4.69. The fourth-order valence-corrected chi connectivity index (χ4v) is 9.58. The number of carbonyl (C=O) groups excluding carboxylic acids is 3. The molecule has 5 aliphatic rings. The zero-order valence-corrected chi connectivity index (χ0v) is 21.3. The number of fused-ring (bicyclic) bond motifs is 3. The highest BCUT2D eigenvalue weighted by molar-refractivity contribution is 5.93. The zero-order valence-electron chi connectivity index (χ0n) is 21.3. The monoisotopic (exact) mass is 502 g/mol. The van der Waals surface area contributed by atoms with Gasteiger partial charge in [0.25, 0.3) is 0 Å². The molecule has 2 N–H and O–H groups in total. The molecule has 9 nitrogen and oxygen atoms in total. The maximum atomic E-state index is 14.1. The maximum absolute atomic E-state index is 14.1. The summed E-state index contributed by atoms with van der Waals surface area (Å²) in [6.07, 6.45) is 1.10. The molecule has 3 heterocycles. The van der Waals surface area contributed by atoms with Gasteiger partial charge in [0, 0.05) is 34.1 Å². The van der Waals surface area contributed by atoms with Crippen LogP contribution in [0.4, 0.5) is 0 Å². The van der Waals surface area contributed by atoms with Gasteiger partial charge in [0.2, 0.25) is 0 Å². The number of furan rings is 1. The summed E-state index contributed by atoms with van der Waals surface area (Å²) in [5.41, 5.74) is -5.07. The maximum Gasteiger partial charge on any atom is 0.335 e. The van der Waals surface area contributed by atoms with Crippen molar-refractivity contribution in [1.29, 1.82) is 0 Å². The highest BCUT2D eigenvalue weighted by Gasteiger charge is 2.85. The van der Waals surface area contributed by atoms with Gasteiger partial charge < -0.3 is 28.8 Å². The molecular formula is C27H34O9. The van der Waals surface area contributed by atoms with Gasteiger partial charge >= 0.3 is 11.9 Å². The van der Waals surface area contributed by atoms with Crippen LogP contribution >= 0.6 is 0 Å². The minimum absolute atomic E-state index is 0.0464. The molecule has 10 unspecified atom stereocenters. The Bertz CT molecular complexity index is 1140. The van der Waals surface area contributed by atoms with Crippen LogP contribution in [0, 0.1) is 34.0 Å². The van der Waals surface area contributed by atoms with Crippen LogP contribution in [-0.4, -0.2) is 58.5 Å². The van der Waals surface area contributed by atoms with E-state index in [-0.39, 0.29) is 12.2 Å². The number of methoxy groups -OCH3 is 1. The second kappa shape index (κ2) is 6.99. The summed E-state index contributed by atoms with van der Waals surface area (Å²) < 4.78 is 22.9. The Balaban J connectivity index is 1.56. The summed E-state index contributed by atoms with van der Waals surface area (Å²) in [6.45, 7) is 7.56. The van der Waals surface area contributed by atoms with E-state index in [1.807, 2.05) is 27.7 Å². The molecule has 196 valence electrons. The lowest BCUT2D eigenvalue weighted by atomic mass is 9.36. The van der Waals surface area contributed by atoms with Crippen LogP contribution in [-0.2, 0) is 28.6 Å². The van der Waals surface area contributed by atoms with Gasteiger partial charge in [-0.05, 0) is 30.7 Å². The highest BCUT2D eigenvalue weighted by Crippen LogP contribution is 2.77.